The Morgan fingerprint density at radius 3 is 2.68 bits per heavy atom. The highest BCUT2D eigenvalue weighted by Gasteiger charge is 2.21. The molecule has 1 heterocycles. The summed E-state index contributed by atoms with van der Waals surface area (Å²) >= 11 is 0. The second-order valence-corrected chi connectivity index (χ2v) is 6.24. The minimum atomic E-state index is -3.53. The minimum absolute atomic E-state index is 0.197. The summed E-state index contributed by atoms with van der Waals surface area (Å²) in [7, 11) is -2.01. The van der Waals surface area contributed by atoms with E-state index in [1.54, 1.807) is 36.4 Å². The molecule has 0 aliphatic heterocycles. The monoisotopic (exact) mass is 280 g/mol. The van der Waals surface area contributed by atoms with E-state index in [0.717, 1.165) is 5.56 Å². The molecule has 0 bridgehead atoms. The summed E-state index contributed by atoms with van der Waals surface area (Å²) in [6.45, 7) is 0.507. The summed E-state index contributed by atoms with van der Waals surface area (Å²) in [5.74, 6) is 0.598. The van der Waals surface area contributed by atoms with Crippen LogP contribution in [0.15, 0.2) is 52.0 Å². The Morgan fingerprint density at radius 2 is 2.05 bits per heavy atom. The Labute approximate surface area is 112 Å². The molecule has 0 aliphatic rings. The van der Waals surface area contributed by atoms with Crippen molar-refractivity contribution in [2.24, 2.45) is 5.73 Å². The highest BCUT2D eigenvalue weighted by atomic mass is 32.2. The molecule has 102 valence electrons. The van der Waals surface area contributed by atoms with Crippen LogP contribution < -0.4 is 5.73 Å². The Morgan fingerprint density at radius 1 is 1.26 bits per heavy atom. The molecule has 0 spiro atoms. The van der Waals surface area contributed by atoms with Crippen molar-refractivity contribution in [1.82, 2.24) is 4.31 Å². The average molecular weight is 280 g/mol. The van der Waals surface area contributed by atoms with E-state index >= 15 is 0 Å². The molecule has 0 radical (unpaired) electrons. The van der Waals surface area contributed by atoms with E-state index in [9.17, 15) is 8.42 Å². The third kappa shape index (κ3) is 3.04. The van der Waals surface area contributed by atoms with Crippen molar-refractivity contribution in [3.05, 3.63) is 54.0 Å². The molecule has 0 aliphatic carbocycles. The number of sulfonamides is 1. The fourth-order valence-corrected chi connectivity index (χ4v) is 2.93. The zero-order valence-electron chi connectivity index (χ0n) is 10.6. The molecule has 5 nitrogen and oxygen atoms in total. The van der Waals surface area contributed by atoms with E-state index in [4.69, 9.17) is 10.2 Å². The second-order valence-electron chi connectivity index (χ2n) is 4.19. The van der Waals surface area contributed by atoms with Crippen molar-refractivity contribution in [1.29, 1.82) is 0 Å². The third-order valence-corrected chi connectivity index (χ3v) is 4.60. The van der Waals surface area contributed by atoms with Gasteiger partial charge < -0.3 is 10.2 Å². The molecule has 0 unspecified atom stereocenters. The molecule has 6 heteroatoms. The van der Waals surface area contributed by atoms with Gasteiger partial charge in [-0.1, -0.05) is 12.1 Å². The van der Waals surface area contributed by atoms with Gasteiger partial charge in [0.1, 0.15) is 5.76 Å². The molecule has 0 amide bonds. The molecule has 2 N–H and O–H groups in total. The maximum absolute atomic E-state index is 12.4. The zero-order valence-corrected chi connectivity index (χ0v) is 11.4. The third-order valence-electron chi connectivity index (χ3n) is 2.80. The van der Waals surface area contributed by atoms with Gasteiger partial charge in [-0.25, -0.2) is 8.42 Å². The van der Waals surface area contributed by atoms with Crippen molar-refractivity contribution >= 4 is 10.0 Å². The lowest BCUT2D eigenvalue weighted by Crippen LogP contribution is -2.26. The first-order chi connectivity index (χ1) is 9.04. The lowest BCUT2D eigenvalue weighted by Gasteiger charge is -2.16. The summed E-state index contributed by atoms with van der Waals surface area (Å²) in [6, 6.07) is 10.1. The molecule has 2 aromatic rings. The Hall–Kier alpha value is -1.63. The number of hydrogen-bond donors (Lipinski definition) is 1. The van der Waals surface area contributed by atoms with E-state index in [-0.39, 0.29) is 11.4 Å². The number of nitrogens with zero attached hydrogens (tertiary/aromatic N) is 1. The van der Waals surface area contributed by atoms with Crippen LogP contribution in [0.3, 0.4) is 0 Å². The standard InChI is InChI=1S/C13H16N2O3S/c1-15(10-12-5-3-7-18-12)19(16,17)13-6-2-4-11(8-13)9-14/h2-8H,9-10,14H2,1H3. The summed E-state index contributed by atoms with van der Waals surface area (Å²) in [4.78, 5) is 0.240. The molecule has 0 saturated carbocycles. The maximum atomic E-state index is 12.4. The smallest absolute Gasteiger partial charge is 0.243 e. The van der Waals surface area contributed by atoms with Gasteiger partial charge in [0.05, 0.1) is 17.7 Å². The molecule has 1 aromatic heterocycles. The van der Waals surface area contributed by atoms with Gasteiger partial charge in [-0.2, -0.15) is 4.31 Å². The van der Waals surface area contributed by atoms with Crippen molar-refractivity contribution in [2.75, 3.05) is 7.05 Å². The van der Waals surface area contributed by atoms with Gasteiger partial charge in [-0.3, -0.25) is 0 Å². The maximum Gasteiger partial charge on any atom is 0.243 e. The average Bonchev–Trinajstić information content (AvgIpc) is 2.91. The van der Waals surface area contributed by atoms with Crippen molar-refractivity contribution in [3.8, 4) is 0 Å². The SMILES string of the molecule is CN(Cc1ccco1)S(=O)(=O)c1cccc(CN)c1. The Balaban J connectivity index is 2.25. The lowest BCUT2D eigenvalue weighted by atomic mass is 10.2. The van der Waals surface area contributed by atoms with E-state index in [1.807, 2.05) is 0 Å². The van der Waals surface area contributed by atoms with Gasteiger partial charge in [-0.15, -0.1) is 0 Å². The second kappa shape index (κ2) is 5.56. The van der Waals surface area contributed by atoms with Gasteiger partial charge in [0.2, 0.25) is 10.0 Å². The number of rotatable bonds is 5. The van der Waals surface area contributed by atoms with Crippen LogP contribution in [0.25, 0.3) is 0 Å². The van der Waals surface area contributed by atoms with Crippen LogP contribution in [0.2, 0.25) is 0 Å². The Bertz CT molecular complexity index is 636. The fourth-order valence-electron chi connectivity index (χ4n) is 1.72. The number of furan rings is 1. The van der Waals surface area contributed by atoms with Crippen LogP contribution >= 0.6 is 0 Å². The van der Waals surface area contributed by atoms with Gasteiger partial charge in [0, 0.05) is 13.6 Å². The minimum Gasteiger partial charge on any atom is -0.468 e. The lowest BCUT2D eigenvalue weighted by molar-refractivity contribution is 0.406. The van der Waals surface area contributed by atoms with Crippen LogP contribution in [-0.4, -0.2) is 19.8 Å². The van der Waals surface area contributed by atoms with E-state index < -0.39 is 10.0 Å². The van der Waals surface area contributed by atoms with Crippen molar-refractivity contribution in [2.45, 2.75) is 18.0 Å². The molecular weight excluding hydrogens is 264 g/mol. The molecule has 0 saturated heterocycles. The van der Waals surface area contributed by atoms with Crippen LogP contribution in [0, 0.1) is 0 Å². The van der Waals surface area contributed by atoms with Crippen LogP contribution in [0.4, 0.5) is 0 Å². The van der Waals surface area contributed by atoms with Crippen molar-refractivity contribution in [3.63, 3.8) is 0 Å². The Kier molecular flexibility index (Phi) is 4.04. The van der Waals surface area contributed by atoms with E-state index in [1.165, 1.54) is 17.6 Å². The molecule has 0 atom stereocenters. The number of nitrogens with two attached hydrogens (primary N) is 1. The summed E-state index contributed by atoms with van der Waals surface area (Å²) in [5.41, 5.74) is 6.31. The van der Waals surface area contributed by atoms with Crippen LogP contribution in [0.1, 0.15) is 11.3 Å². The van der Waals surface area contributed by atoms with Gasteiger partial charge >= 0.3 is 0 Å². The fraction of sp³-hybridized carbons (Fsp3) is 0.231. The van der Waals surface area contributed by atoms with Gasteiger partial charge in [0.25, 0.3) is 0 Å². The van der Waals surface area contributed by atoms with Gasteiger partial charge in [0.15, 0.2) is 0 Å². The highest BCUT2D eigenvalue weighted by molar-refractivity contribution is 7.89. The molecule has 19 heavy (non-hydrogen) atoms. The predicted octanol–water partition coefficient (Wildman–Crippen LogP) is 1.56. The van der Waals surface area contributed by atoms with Crippen LogP contribution in [0.5, 0.6) is 0 Å². The summed E-state index contributed by atoms with van der Waals surface area (Å²) in [5, 5.41) is 0. The molecule has 2 rings (SSSR count). The summed E-state index contributed by atoms with van der Waals surface area (Å²) < 4.78 is 31.1. The zero-order chi connectivity index (χ0) is 13.9. The molecule has 1 aromatic carbocycles. The van der Waals surface area contributed by atoms with Gasteiger partial charge in [-0.05, 0) is 29.8 Å². The first-order valence-corrected chi connectivity index (χ1v) is 7.26. The van der Waals surface area contributed by atoms with Crippen LogP contribution in [-0.2, 0) is 23.1 Å². The first-order valence-electron chi connectivity index (χ1n) is 5.82. The summed E-state index contributed by atoms with van der Waals surface area (Å²) in [6.07, 6.45) is 1.52. The number of benzene rings is 1. The molecule has 0 fully saturated rings. The quantitative estimate of drug-likeness (QED) is 0.901. The largest absolute Gasteiger partial charge is 0.468 e. The first kappa shape index (κ1) is 13.8. The normalized spacial score (nSPS) is 11.9. The van der Waals surface area contributed by atoms with Crippen molar-refractivity contribution < 1.29 is 12.8 Å². The molecular formula is C13H16N2O3S. The topological polar surface area (TPSA) is 76.5 Å². The van der Waals surface area contributed by atoms with E-state index in [0.29, 0.717) is 12.3 Å². The van der Waals surface area contributed by atoms with E-state index in [2.05, 4.69) is 0 Å². The predicted molar refractivity (Wildman–Crippen MR) is 71.7 cm³/mol. The highest BCUT2D eigenvalue weighted by Crippen LogP contribution is 2.18. The number of hydrogen-bond acceptors (Lipinski definition) is 4.